The molecule has 3 aliphatic heterocycles. The summed E-state index contributed by atoms with van der Waals surface area (Å²) in [6.45, 7) is 18.5. The molecule has 1 aromatic heterocycles. The molecule has 7 nitrogen and oxygen atoms in total. The molecule has 4 heterocycles. The lowest BCUT2D eigenvalue weighted by Crippen LogP contribution is -2.46. The highest BCUT2D eigenvalue weighted by Crippen LogP contribution is 2.31. The molecule has 2 saturated heterocycles. The Morgan fingerprint density at radius 2 is 1.20 bits per heavy atom. The number of fused-ring (bicyclic) bond motifs is 1. The summed E-state index contributed by atoms with van der Waals surface area (Å²) in [7, 11) is 0. The molecule has 0 amide bonds. The van der Waals surface area contributed by atoms with Crippen LogP contribution in [0.1, 0.15) is 56.9 Å². The van der Waals surface area contributed by atoms with Crippen LogP contribution in [0.15, 0.2) is 12.3 Å². The van der Waals surface area contributed by atoms with E-state index >= 15 is 0 Å². The number of hydrogen-bond donors (Lipinski definition) is 2. The second-order valence-corrected chi connectivity index (χ2v) is 10.8. The minimum Gasteiger partial charge on any atom is -0.365 e. The molecule has 0 aliphatic carbocycles. The van der Waals surface area contributed by atoms with E-state index in [1.54, 1.807) is 0 Å². The summed E-state index contributed by atoms with van der Waals surface area (Å²) in [4.78, 5) is 15.2. The monoisotopic (exact) mass is 485 g/mol. The predicted octanol–water partition coefficient (Wildman–Crippen LogP) is 2.95. The van der Waals surface area contributed by atoms with Crippen molar-refractivity contribution in [3.8, 4) is 0 Å². The van der Waals surface area contributed by atoms with Gasteiger partial charge in [-0.25, -0.2) is 4.98 Å². The third-order valence-corrected chi connectivity index (χ3v) is 7.93. The van der Waals surface area contributed by atoms with E-state index in [2.05, 4.69) is 43.2 Å². The van der Waals surface area contributed by atoms with Crippen molar-refractivity contribution in [2.24, 2.45) is 0 Å². The average molecular weight is 486 g/mol. The Labute approximate surface area is 214 Å². The molecule has 2 N–H and O–H groups in total. The number of rotatable bonds is 14. The predicted molar refractivity (Wildman–Crippen MR) is 149 cm³/mol. The Balaban J connectivity index is 1.13. The van der Waals surface area contributed by atoms with Gasteiger partial charge in [0, 0.05) is 45.5 Å². The number of aromatic nitrogens is 1. The average Bonchev–Trinajstić information content (AvgIpc) is 2.90. The molecule has 0 unspecified atom stereocenters. The second kappa shape index (κ2) is 15.0. The number of nitrogens with one attached hydrogen (secondary N) is 2. The summed E-state index contributed by atoms with van der Waals surface area (Å²) < 4.78 is 0. The maximum atomic E-state index is 4.86. The lowest BCUT2D eigenvalue weighted by Gasteiger charge is -2.38. The lowest BCUT2D eigenvalue weighted by atomic mass is 10.1. The number of piperidine rings is 2. The summed E-state index contributed by atoms with van der Waals surface area (Å²) in [6.07, 6.45) is 12.9. The van der Waals surface area contributed by atoms with Gasteiger partial charge in [0.25, 0.3) is 0 Å². The minimum atomic E-state index is 1.04. The summed E-state index contributed by atoms with van der Waals surface area (Å²) in [5, 5.41) is 7.37. The van der Waals surface area contributed by atoms with Crippen LogP contribution in [-0.2, 0) is 0 Å². The molecule has 0 atom stereocenters. The van der Waals surface area contributed by atoms with Crippen molar-refractivity contribution in [2.75, 3.05) is 101 Å². The standard InChI is InChI=1S/C28H51N7/c1-26-24-27-28(31-25-26)35(21-13-30-11-9-19-33-16-6-3-7-17-33)23-22-34(27)20-12-29-10-8-18-32-14-4-2-5-15-32/h24-25,29-30H,2-23H2,1H3. The van der Waals surface area contributed by atoms with Crippen LogP contribution >= 0.6 is 0 Å². The highest BCUT2D eigenvalue weighted by atomic mass is 15.3. The van der Waals surface area contributed by atoms with Gasteiger partial charge in [0.05, 0.1) is 5.69 Å². The van der Waals surface area contributed by atoms with Crippen LogP contribution in [0.25, 0.3) is 0 Å². The SMILES string of the molecule is Cc1cnc2c(c1)N(CCNCCCN1CCCCC1)CCN2CCNCCCN1CCCCC1. The summed E-state index contributed by atoms with van der Waals surface area (Å²) in [6, 6.07) is 2.33. The topological polar surface area (TPSA) is 49.9 Å². The molecule has 0 saturated carbocycles. The molecule has 7 heteroatoms. The van der Waals surface area contributed by atoms with E-state index in [1.807, 2.05) is 6.20 Å². The van der Waals surface area contributed by atoms with Gasteiger partial charge in [-0.05, 0) is 109 Å². The molecule has 0 aromatic carbocycles. The first kappa shape index (κ1) is 26.6. The van der Waals surface area contributed by atoms with E-state index in [-0.39, 0.29) is 0 Å². The Morgan fingerprint density at radius 3 is 1.80 bits per heavy atom. The molecule has 198 valence electrons. The van der Waals surface area contributed by atoms with Gasteiger partial charge in [-0.3, -0.25) is 0 Å². The highest BCUT2D eigenvalue weighted by Gasteiger charge is 2.23. The molecule has 3 aliphatic rings. The van der Waals surface area contributed by atoms with E-state index in [9.17, 15) is 0 Å². The van der Waals surface area contributed by atoms with Crippen LogP contribution in [-0.4, -0.2) is 106 Å². The molecule has 4 rings (SSSR count). The Hall–Kier alpha value is -1.41. The van der Waals surface area contributed by atoms with Crippen molar-refractivity contribution >= 4 is 11.5 Å². The normalized spacial score (nSPS) is 19.8. The number of likely N-dealkylation sites (tertiary alicyclic amines) is 2. The van der Waals surface area contributed by atoms with E-state index < -0.39 is 0 Å². The fourth-order valence-corrected chi connectivity index (χ4v) is 5.84. The fourth-order valence-electron chi connectivity index (χ4n) is 5.84. The van der Waals surface area contributed by atoms with Crippen LogP contribution in [0.2, 0.25) is 0 Å². The molecular weight excluding hydrogens is 434 g/mol. The minimum absolute atomic E-state index is 1.04. The van der Waals surface area contributed by atoms with Crippen molar-refractivity contribution in [1.29, 1.82) is 0 Å². The zero-order chi connectivity index (χ0) is 24.1. The molecular formula is C28H51N7. The van der Waals surface area contributed by atoms with Crippen molar-refractivity contribution in [3.63, 3.8) is 0 Å². The third-order valence-electron chi connectivity index (χ3n) is 7.93. The summed E-state index contributed by atoms with van der Waals surface area (Å²) >= 11 is 0. The van der Waals surface area contributed by atoms with Crippen LogP contribution < -0.4 is 20.4 Å². The van der Waals surface area contributed by atoms with Gasteiger partial charge in [0.1, 0.15) is 0 Å². The smallest absolute Gasteiger partial charge is 0.152 e. The van der Waals surface area contributed by atoms with E-state index in [4.69, 9.17) is 4.98 Å². The van der Waals surface area contributed by atoms with Crippen molar-refractivity contribution in [1.82, 2.24) is 25.4 Å². The van der Waals surface area contributed by atoms with Gasteiger partial charge < -0.3 is 30.2 Å². The zero-order valence-electron chi connectivity index (χ0n) is 22.4. The second-order valence-electron chi connectivity index (χ2n) is 10.8. The van der Waals surface area contributed by atoms with Gasteiger partial charge in [-0.15, -0.1) is 0 Å². The van der Waals surface area contributed by atoms with Crippen molar-refractivity contribution in [2.45, 2.75) is 58.3 Å². The van der Waals surface area contributed by atoms with Gasteiger partial charge in [-0.2, -0.15) is 0 Å². The Morgan fingerprint density at radius 1 is 0.657 bits per heavy atom. The van der Waals surface area contributed by atoms with E-state index in [1.165, 1.54) is 108 Å². The molecule has 0 radical (unpaired) electrons. The van der Waals surface area contributed by atoms with Crippen molar-refractivity contribution < 1.29 is 0 Å². The van der Waals surface area contributed by atoms with Crippen molar-refractivity contribution in [3.05, 3.63) is 17.8 Å². The number of aryl methyl sites for hydroxylation is 1. The first-order valence-corrected chi connectivity index (χ1v) is 14.6. The lowest BCUT2D eigenvalue weighted by molar-refractivity contribution is 0.226. The number of nitrogens with zero attached hydrogens (tertiary/aromatic N) is 5. The van der Waals surface area contributed by atoms with Gasteiger partial charge >= 0.3 is 0 Å². The largest absolute Gasteiger partial charge is 0.365 e. The van der Waals surface area contributed by atoms with E-state index in [0.717, 1.165) is 52.4 Å². The molecule has 0 bridgehead atoms. The van der Waals surface area contributed by atoms with Crippen LogP contribution in [0.5, 0.6) is 0 Å². The summed E-state index contributed by atoms with van der Waals surface area (Å²) in [5.74, 6) is 1.17. The van der Waals surface area contributed by atoms with Gasteiger partial charge in [0.2, 0.25) is 0 Å². The Bertz CT molecular complexity index is 715. The third kappa shape index (κ3) is 8.88. The van der Waals surface area contributed by atoms with E-state index in [0.29, 0.717) is 0 Å². The maximum absolute atomic E-state index is 4.86. The quantitative estimate of drug-likeness (QED) is 0.393. The summed E-state index contributed by atoms with van der Waals surface area (Å²) in [5.41, 5.74) is 2.57. The van der Waals surface area contributed by atoms with Crippen LogP contribution in [0.3, 0.4) is 0 Å². The number of anilines is 2. The maximum Gasteiger partial charge on any atom is 0.152 e. The van der Waals surface area contributed by atoms with Crippen LogP contribution in [0, 0.1) is 6.92 Å². The molecule has 1 aromatic rings. The fraction of sp³-hybridized carbons (Fsp3) is 0.821. The first-order valence-electron chi connectivity index (χ1n) is 14.6. The number of hydrogen-bond acceptors (Lipinski definition) is 7. The molecule has 2 fully saturated rings. The molecule has 0 spiro atoms. The number of pyridine rings is 1. The Kier molecular flexibility index (Phi) is 11.4. The van der Waals surface area contributed by atoms with Crippen LogP contribution in [0.4, 0.5) is 11.5 Å². The van der Waals surface area contributed by atoms with Gasteiger partial charge in [-0.1, -0.05) is 12.8 Å². The zero-order valence-corrected chi connectivity index (χ0v) is 22.4. The molecule has 35 heavy (non-hydrogen) atoms. The first-order chi connectivity index (χ1) is 17.3. The van der Waals surface area contributed by atoms with Gasteiger partial charge in [0.15, 0.2) is 5.82 Å². The highest BCUT2D eigenvalue weighted by molar-refractivity contribution is 5.70.